The highest BCUT2D eigenvalue weighted by atomic mass is 15.2. The van der Waals surface area contributed by atoms with Crippen molar-refractivity contribution < 1.29 is 0 Å². The molecule has 5 aromatic rings. The average molecular weight is 464 g/mol. The summed E-state index contributed by atoms with van der Waals surface area (Å²) in [6.07, 6.45) is 0. The van der Waals surface area contributed by atoms with E-state index in [1.807, 2.05) is 0 Å². The molecular weight excluding hydrogens is 434 g/mol. The number of hydrogen-bond donors (Lipinski definition) is 0. The van der Waals surface area contributed by atoms with Crippen LogP contribution in [0.15, 0.2) is 121 Å². The molecule has 174 valence electrons. The lowest BCUT2D eigenvalue weighted by Crippen LogP contribution is -2.38. The minimum Gasteiger partial charge on any atom is -0.336 e. The molecule has 1 nitrogen and oxygen atoms in total. The van der Waals surface area contributed by atoms with Crippen molar-refractivity contribution in [2.45, 2.75) is 31.7 Å². The van der Waals surface area contributed by atoms with Gasteiger partial charge in [0.25, 0.3) is 0 Å². The van der Waals surface area contributed by atoms with Crippen molar-refractivity contribution in [3.63, 3.8) is 0 Å². The molecule has 0 saturated heterocycles. The van der Waals surface area contributed by atoms with E-state index in [0.29, 0.717) is 0 Å². The molecule has 0 fully saturated rings. The first-order valence-electron chi connectivity index (χ1n) is 12.8. The number of anilines is 2. The Balaban J connectivity index is 1.62. The molecule has 0 N–H and O–H groups in total. The maximum atomic E-state index is 2.51. The van der Waals surface area contributed by atoms with Crippen LogP contribution in [0.5, 0.6) is 0 Å². The first-order valence-corrected chi connectivity index (χ1v) is 12.8. The molecule has 0 aromatic heterocycles. The summed E-state index contributed by atoms with van der Waals surface area (Å²) < 4.78 is 0. The van der Waals surface area contributed by atoms with Gasteiger partial charge in [0.05, 0.1) is 5.41 Å². The van der Waals surface area contributed by atoms with E-state index in [1.165, 1.54) is 55.9 Å². The Morgan fingerprint density at radius 3 is 1.53 bits per heavy atom. The van der Waals surface area contributed by atoms with Gasteiger partial charge < -0.3 is 4.90 Å². The van der Waals surface area contributed by atoms with E-state index >= 15 is 0 Å². The fraction of sp³-hybridized carbons (Fsp3) is 0.143. The molecule has 0 aliphatic heterocycles. The van der Waals surface area contributed by atoms with Gasteiger partial charge in [-0.3, -0.25) is 0 Å². The molecule has 1 spiro atoms. The van der Waals surface area contributed by atoms with E-state index < -0.39 is 0 Å². The summed E-state index contributed by atoms with van der Waals surface area (Å²) in [6.45, 7) is 6.91. The molecule has 0 unspecified atom stereocenters. The van der Waals surface area contributed by atoms with Crippen LogP contribution in [0.4, 0.5) is 11.4 Å². The van der Waals surface area contributed by atoms with Crippen molar-refractivity contribution in [2.75, 3.05) is 4.90 Å². The Kier molecular flexibility index (Phi) is 4.39. The molecule has 36 heavy (non-hydrogen) atoms. The Morgan fingerprint density at radius 1 is 0.472 bits per heavy atom. The second-order valence-corrected chi connectivity index (χ2v) is 10.9. The van der Waals surface area contributed by atoms with Crippen molar-refractivity contribution in [3.05, 3.63) is 144 Å². The van der Waals surface area contributed by atoms with Gasteiger partial charge in [0.1, 0.15) is 0 Å². The topological polar surface area (TPSA) is 3.24 Å². The molecule has 7 rings (SSSR count). The number of nitrogens with zero attached hydrogens (tertiary/aromatic N) is 1. The predicted octanol–water partition coefficient (Wildman–Crippen LogP) is 8.97. The van der Waals surface area contributed by atoms with Crippen LogP contribution in [-0.2, 0) is 5.41 Å². The van der Waals surface area contributed by atoms with Crippen LogP contribution in [-0.4, -0.2) is 5.54 Å². The normalized spacial score (nSPS) is 14.2. The Labute approximate surface area is 213 Å². The molecule has 0 amide bonds. The summed E-state index contributed by atoms with van der Waals surface area (Å²) >= 11 is 0. The third kappa shape index (κ3) is 2.66. The quantitative estimate of drug-likeness (QED) is 0.247. The molecule has 5 aromatic carbocycles. The minimum atomic E-state index is -0.310. The third-order valence-electron chi connectivity index (χ3n) is 7.93. The van der Waals surface area contributed by atoms with Gasteiger partial charge in [-0.05, 0) is 77.9 Å². The molecule has 0 bridgehead atoms. The van der Waals surface area contributed by atoms with Crippen molar-refractivity contribution in [2.24, 2.45) is 0 Å². The fourth-order valence-electron chi connectivity index (χ4n) is 6.78. The van der Waals surface area contributed by atoms with Gasteiger partial charge >= 0.3 is 0 Å². The summed E-state index contributed by atoms with van der Waals surface area (Å²) in [5.41, 5.74) is 13.0. The summed E-state index contributed by atoms with van der Waals surface area (Å²) in [6, 6.07) is 44.8. The van der Waals surface area contributed by atoms with Gasteiger partial charge in [-0.1, -0.05) is 103 Å². The van der Waals surface area contributed by atoms with Crippen molar-refractivity contribution in [1.82, 2.24) is 0 Å². The highest BCUT2D eigenvalue weighted by Crippen LogP contribution is 2.64. The Morgan fingerprint density at radius 2 is 0.944 bits per heavy atom. The number of rotatable bonds is 2. The van der Waals surface area contributed by atoms with Crippen LogP contribution < -0.4 is 4.90 Å². The predicted molar refractivity (Wildman–Crippen MR) is 151 cm³/mol. The zero-order valence-corrected chi connectivity index (χ0v) is 21.0. The largest absolute Gasteiger partial charge is 0.336 e. The zero-order valence-electron chi connectivity index (χ0n) is 21.0. The molecule has 0 heterocycles. The summed E-state index contributed by atoms with van der Waals surface area (Å²) in [5.74, 6) is 0. The van der Waals surface area contributed by atoms with Gasteiger partial charge in [0.15, 0.2) is 0 Å². The van der Waals surface area contributed by atoms with Crippen LogP contribution in [0.25, 0.3) is 22.3 Å². The molecule has 2 aliphatic carbocycles. The van der Waals surface area contributed by atoms with Crippen molar-refractivity contribution in [3.8, 4) is 22.3 Å². The third-order valence-corrected chi connectivity index (χ3v) is 7.93. The van der Waals surface area contributed by atoms with Gasteiger partial charge in [-0.2, -0.15) is 0 Å². The van der Waals surface area contributed by atoms with Crippen LogP contribution >= 0.6 is 0 Å². The van der Waals surface area contributed by atoms with E-state index in [4.69, 9.17) is 0 Å². The first-order chi connectivity index (χ1) is 17.5. The Bertz CT molecular complexity index is 1580. The SMILES string of the molecule is CC(C)(C)N(c1ccccc1)c1cccc2c1-c1ccccc1C21c2ccccc2-c2ccccc21. The molecule has 0 radical (unpaired) electrons. The average Bonchev–Trinajstić information content (AvgIpc) is 3.37. The van der Waals surface area contributed by atoms with Gasteiger partial charge in [-0.25, -0.2) is 0 Å². The van der Waals surface area contributed by atoms with Crippen LogP contribution in [0.3, 0.4) is 0 Å². The lowest BCUT2D eigenvalue weighted by Gasteiger charge is -2.39. The van der Waals surface area contributed by atoms with Crippen LogP contribution in [0, 0.1) is 0 Å². The molecule has 0 saturated carbocycles. The molecule has 1 heteroatoms. The number of benzene rings is 5. The second-order valence-electron chi connectivity index (χ2n) is 10.9. The van der Waals surface area contributed by atoms with Gasteiger partial charge in [-0.15, -0.1) is 0 Å². The first kappa shape index (κ1) is 21.2. The maximum Gasteiger partial charge on any atom is 0.0726 e. The standard InChI is InChI=1S/C35H29N/c1-34(2,3)36(24-14-5-4-6-15-24)32-23-13-22-31-33(32)27-18-9-12-21-30(27)35(31)28-19-10-7-16-25(28)26-17-8-11-20-29(26)35/h4-23H,1-3H3. The smallest absolute Gasteiger partial charge is 0.0726 e. The van der Waals surface area contributed by atoms with E-state index in [0.717, 1.165) is 0 Å². The van der Waals surface area contributed by atoms with E-state index in [1.54, 1.807) is 0 Å². The van der Waals surface area contributed by atoms with Crippen molar-refractivity contribution >= 4 is 11.4 Å². The monoisotopic (exact) mass is 463 g/mol. The van der Waals surface area contributed by atoms with Gasteiger partial charge in [0.2, 0.25) is 0 Å². The maximum absolute atomic E-state index is 2.51. The fourth-order valence-corrected chi connectivity index (χ4v) is 6.78. The minimum absolute atomic E-state index is 0.104. The summed E-state index contributed by atoms with van der Waals surface area (Å²) in [4.78, 5) is 2.51. The van der Waals surface area contributed by atoms with Gasteiger partial charge in [0, 0.05) is 22.5 Å². The Hall–Kier alpha value is -4.10. The van der Waals surface area contributed by atoms with Crippen LogP contribution in [0.2, 0.25) is 0 Å². The van der Waals surface area contributed by atoms with E-state index in [-0.39, 0.29) is 11.0 Å². The summed E-state index contributed by atoms with van der Waals surface area (Å²) in [7, 11) is 0. The zero-order chi connectivity index (χ0) is 24.5. The summed E-state index contributed by atoms with van der Waals surface area (Å²) in [5, 5.41) is 0. The lowest BCUT2D eigenvalue weighted by atomic mass is 9.70. The highest BCUT2D eigenvalue weighted by molar-refractivity contribution is 5.99. The molecule has 2 aliphatic rings. The van der Waals surface area contributed by atoms with E-state index in [9.17, 15) is 0 Å². The number of fused-ring (bicyclic) bond motifs is 10. The van der Waals surface area contributed by atoms with E-state index in [2.05, 4.69) is 147 Å². The second kappa shape index (κ2) is 7.45. The lowest BCUT2D eigenvalue weighted by molar-refractivity contribution is 0.560. The van der Waals surface area contributed by atoms with Crippen LogP contribution in [0.1, 0.15) is 43.0 Å². The molecule has 0 atom stereocenters. The number of para-hydroxylation sites is 1. The number of hydrogen-bond acceptors (Lipinski definition) is 1. The highest BCUT2D eigenvalue weighted by Gasteiger charge is 2.52. The molecular formula is C35H29N. The van der Waals surface area contributed by atoms with Crippen molar-refractivity contribution in [1.29, 1.82) is 0 Å².